The van der Waals surface area contributed by atoms with Gasteiger partial charge in [-0.2, -0.15) is 0 Å². The first kappa shape index (κ1) is 11.5. The number of nitrogens with one attached hydrogen (secondary N) is 2. The molecule has 0 saturated heterocycles. The predicted octanol–water partition coefficient (Wildman–Crippen LogP) is -0.621. The minimum absolute atomic E-state index is 0.133. The lowest BCUT2D eigenvalue weighted by molar-refractivity contribution is -0.138. The molecule has 0 fully saturated rings. The molecule has 1 atom stereocenters. The van der Waals surface area contributed by atoms with Gasteiger partial charge in [0.1, 0.15) is 6.04 Å². The molecular formula is C8H13N3O2. The molecule has 13 heavy (non-hydrogen) atoms. The average Bonchev–Trinajstić information content (AvgIpc) is 2.02. The fourth-order valence-corrected chi connectivity index (χ4v) is 0.509. The second-order valence-corrected chi connectivity index (χ2v) is 2.48. The summed E-state index contributed by atoms with van der Waals surface area (Å²) in [4.78, 5) is 10.2. The van der Waals surface area contributed by atoms with Crippen LogP contribution in [0.25, 0.3) is 0 Å². The van der Waals surface area contributed by atoms with E-state index in [0.29, 0.717) is 12.4 Å². The maximum Gasteiger partial charge on any atom is 0.321 e. The van der Waals surface area contributed by atoms with Gasteiger partial charge in [0.2, 0.25) is 0 Å². The molecule has 5 N–H and O–H groups in total. The lowest BCUT2D eigenvalue weighted by Crippen LogP contribution is -2.29. The van der Waals surface area contributed by atoms with Crippen LogP contribution in [-0.2, 0) is 4.79 Å². The summed E-state index contributed by atoms with van der Waals surface area (Å²) in [7, 11) is 0. The lowest BCUT2D eigenvalue weighted by atomic mass is 10.2. The van der Waals surface area contributed by atoms with Gasteiger partial charge in [0.15, 0.2) is 0 Å². The molecule has 0 aromatic rings. The van der Waals surface area contributed by atoms with Crippen molar-refractivity contribution in [2.45, 2.75) is 19.4 Å². The molecule has 0 spiro atoms. The van der Waals surface area contributed by atoms with Crippen molar-refractivity contribution in [3.63, 3.8) is 0 Å². The molecule has 0 aliphatic heterocycles. The van der Waals surface area contributed by atoms with E-state index in [1.165, 1.54) is 0 Å². The first-order valence-electron chi connectivity index (χ1n) is 3.77. The van der Waals surface area contributed by atoms with E-state index < -0.39 is 12.0 Å². The van der Waals surface area contributed by atoms with Crippen LogP contribution >= 0.6 is 0 Å². The van der Waals surface area contributed by atoms with Crippen molar-refractivity contribution in [2.24, 2.45) is 5.73 Å². The zero-order chi connectivity index (χ0) is 10.3. The van der Waals surface area contributed by atoms with E-state index in [2.05, 4.69) is 17.2 Å². The van der Waals surface area contributed by atoms with E-state index in [1.54, 1.807) is 6.92 Å². The van der Waals surface area contributed by atoms with Crippen molar-refractivity contribution in [3.05, 3.63) is 0 Å². The quantitative estimate of drug-likeness (QED) is 0.266. The van der Waals surface area contributed by atoms with E-state index in [0.717, 1.165) is 0 Å². The zero-order valence-electron chi connectivity index (χ0n) is 7.42. The number of hydrogen-bond acceptors (Lipinski definition) is 3. The topological polar surface area (TPSA) is 99.2 Å². The Hall–Kier alpha value is -1.54. The van der Waals surface area contributed by atoms with Crippen LogP contribution in [0.4, 0.5) is 0 Å². The molecule has 72 valence electrons. The SMILES string of the molecule is CC(=N)NCC#CCC(N)C(=O)O. The molecule has 0 amide bonds. The van der Waals surface area contributed by atoms with Crippen molar-refractivity contribution in [1.82, 2.24) is 5.32 Å². The molecule has 0 radical (unpaired) electrons. The number of hydrogen-bond donors (Lipinski definition) is 4. The summed E-state index contributed by atoms with van der Waals surface area (Å²) >= 11 is 0. The highest BCUT2D eigenvalue weighted by atomic mass is 16.4. The van der Waals surface area contributed by atoms with E-state index in [1.807, 2.05) is 0 Å². The summed E-state index contributed by atoms with van der Waals surface area (Å²) in [6.07, 6.45) is 0.133. The Labute approximate surface area is 76.8 Å². The molecular weight excluding hydrogens is 170 g/mol. The van der Waals surface area contributed by atoms with E-state index in [9.17, 15) is 4.79 Å². The zero-order valence-corrected chi connectivity index (χ0v) is 7.42. The van der Waals surface area contributed by atoms with Crippen LogP contribution in [-0.4, -0.2) is 29.5 Å². The maximum absolute atomic E-state index is 10.2. The number of carboxylic acids is 1. The highest BCUT2D eigenvalue weighted by molar-refractivity contribution is 5.76. The third-order valence-electron chi connectivity index (χ3n) is 1.21. The monoisotopic (exact) mass is 183 g/mol. The van der Waals surface area contributed by atoms with Crippen molar-refractivity contribution in [3.8, 4) is 11.8 Å². The Kier molecular flexibility index (Phi) is 5.32. The van der Waals surface area contributed by atoms with Crippen LogP contribution in [0.15, 0.2) is 0 Å². The van der Waals surface area contributed by atoms with Gasteiger partial charge in [-0.15, -0.1) is 0 Å². The van der Waals surface area contributed by atoms with Gasteiger partial charge in [0, 0.05) is 6.42 Å². The molecule has 5 nitrogen and oxygen atoms in total. The third kappa shape index (κ3) is 6.84. The minimum atomic E-state index is -1.05. The molecule has 0 rings (SSSR count). The molecule has 1 unspecified atom stereocenters. The van der Waals surface area contributed by atoms with Crippen LogP contribution in [0, 0.1) is 17.3 Å². The molecule has 5 heteroatoms. The van der Waals surface area contributed by atoms with E-state index in [4.69, 9.17) is 16.2 Å². The number of amidine groups is 1. The molecule has 0 aromatic heterocycles. The second-order valence-electron chi connectivity index (χ2n) is 2.48. The van der Waals surface area contributed by atoms with Gasteiger partial charge in [0.25, 0.3) is 0 Å². The van der Waals surface area contributed by atoms with Crippen molar-refractivity contribution >= 4 is 11.8 Å². The van der Waals surface area contributed by atoms with E-state index in [-0.39, 0.29) is 6.42 Å². The predicted molar refractivity (Wildman–Crippen MR) is 49.4 cm³/mol. The second kappa shape index (κ2) is 6.03. The summed E-state index contributed by atoms with van der Waals surface area (Å²) in [5, 5.41) is 18.0. The van der Waals surface area contributed by atoms with Crippen molar-refractivity contribution in [2.75, 3.05) is 6.54 Å². The minimum Gasteiger partial charge on any atom is -0.480 e. The summed E-state index contributed by atoms with van der Waals surface area (Å²) in [5.41, 5.74) is 5.19. The smallest absolute Gasteiger partial charge is 0.321 e. The van der Waals surface area contributed by atoms with Crippen LogP contribution in [0.5, 0.6) is 0 Å². The van der Waals surface area contributed by atoms with Gasteiger partial charge < -0.3 is 16.2 Å². The number of aliphatic carboxylic acids is 1. The number of nitrogens with two attached hydrogens (primary N) is 1. The van der Waals surface area contributed by atoms with Gasteiger partial charge in [-0.1, -0.05) is 11.8 Å². The Morgan fingerprint density at radius 1 is 1.69 bits per heavy atom. The van der Waals surface area contributed by atoms with Crippen LogP contribution in [0.3, 0.4) is 0 Å². The molecule has 0 saturated carbocycles. The summed E-state index contributed by atoms with van der Waals surface area (Å²) in [6, 6.07) is -0.923. The van der Waals surface area contributed by atoms with Crippen LogP contribution < -0.4 is 11.1 Å². The highest BCUT2D eigenvalue weighted by Gasteiger charge is 2.07. The van der Waals surface area contributed by atoms with Gasteiger partial charge in [0.05, 0.1) is 12.4 Å². The fraction of sp³-hybridized carbons (Fsp3) is 0.500. The molecule has 0 aromatic carbocycles. The van der Waals surface area contributed by atoms with Crippen LogP contribution in [0.1, 0.15) is 13.3 Å². The average molecular weight is 183 g/mol. The molecule has 0 aliphatic rings. The first-order chi connectivity index (χ1) is 6.04. The number of carboxylic acid groups (broad SMARTS) is 1. The summed E-state index contributed by atoms with van der Waals surface area (Å²) in [6.45, 7) is 1.95. The Morgan fingerprint density at radius 2 is 2.31 bits per heavy atom. The standard InChI is InChI=1S/C8H13N3O2/c1-6(9)11-5-3-2-4-7(10)8(12)13/h7H,4-5,10H2,1H3,(H2,9,11)(H,12,13). The van der Waals surface area contributed by atoms with Gasteiger partial charge in [-0.25, -0.2) is 0 Å². The normalized spacial score (nSPS) is 10.9. The van der Waals surface area contributed by atoms with Gasteiger partial charge in [-0.05, 0) is 6.92 Å². The fourth-order valence-electron chi connectivity index (χ4n) is 0.509. The number of carbonyl (C=O) groups is 1. The van der Waals surface area contributed by atoms with Gasteiger partial charge in [-0.3, -0.25) is 10.2 Å². The first-order valence-corrected chi connectivity index (χ1v) is 3.77. The molecule has 0 heterocycles. The van der Waals surface area contributed by atoms with E-state index >= 15 is 0 Å². The van der Waals surface area contributed by atoms with Crippen molar-refractivity contribution in [1.29, 1.82) is 5.41 Å². The maximum atomic E-state index is 10.2. The summed E-state index contributed by atoms with van der Waals surface area (Å²) in [5.74, 6) is 4.54. The molecule has 0 aliphatic carbocycles. The van der Waals surface area contributed by atoms with Crippen LogP contribution in [0.2, 0.25) is 0 Å². The Balaban J connectivity index is 3.61. The summed E-state index contributed by atoms with van der Waals surface area (Å²) < 4.78 is 0. The third-order valence-corrected chi connectivity index (χ3v) is 1.21. The lowest BCUT2D eigenvalue weighted by Gasteiger charge is -1.98. The molecule has 0 bridgehead atoms. The largest absolute Gasteiger partial charge is 0.480 e. The van der Waals surface area contributed by atoms with Crippen molar-refractivity contribution < 1.29 is 9.90 Å². The highest BCUT2D eigenvalue weighted by Crippen LogP contribution is 1.84. The Morgan fingerprint density at radius 3 is 2.77 bits per heavy atom. The number of rotatable bonds is 3. The van der Waals surface area contributed by atoms with Gasteiger partial charge >= 0.3 is 5.97 Å². The Bertz CT molecular complexity index is 252.